The second-order valence-corrected chi connectivity index (χ2v) is 5.85. The number of pyridine rings is 1. The number of carbonyl (C=O) groups excluding carboxylic acids is 1. The first-order valence-electron chi connectivity index (χ1n) is 7.66. The third-order valence-corrected chi connectivity index (χ3v) is 4.13. The van der Waals surface area contributed by atoms with E-state index in [0.29, 0.717) is 5.69 Å². The number of halogens is 3. The highest BCUT2D eigenvalue weighted by Crippen LogP contribution is 2.22. The van der Waals surface area contributed by atoms with Gasteiger partial charge in [-0.3, -0.25) is 14.2 Å². The van der Waals surface area contributed by atoms with Gasteiger partial charge in [0.1, 0.15) is 11.6 Å². The highest BCUT2D eigenvalue weighted by molar-refractivity contribution is 6.34. The summed E-state index contributed by atoms with van der Waals surface area (Å²) in [5.74, 6) is -2.57. The molecule has 4 nitrogen and oxygen atoms in total. The molecule has 0 spiro atoms. The van der Waals surface area contributed by atoms with Crippen molar-refractivity contribution >= 4 is 17.5 Å². The average Bonchev–Trinajstić information content (AvgIpc) is 2.64. The average molecular weight is 375 g/mol. The van der Waals surface area contributed by atoms with Gasteiger partial charge in [0, 0.05) is 24.5 Å². The molecule has 0 saturated heterocycles. The Kier molecular flexibility index (Phi) is 5.14. The van der Waals surface area contributed by atoms with Crippen molar-refractivity contribution in [3.63, 3.8) is 0 Å². The first-order valence-corrected chi connectivity index (χ1v) is 8.04. The van der Waals surface area contributed by atoms with Gasteiger partial charge < -0.3 is 5.32 Å². The van der Waals surface area contributed by atoms with Crippen LogP contribution in [0, 0.1) is 11.6 Å². The second-order valence-electron chi connectivity index (χ2n) is 5.48. The van der Waals surface area contributed by atoms with Crippen LogP contribution in [0.4, 0.5) is 8.78 Å². The number of rotatable bonds is 4. The molecule has 1 amide bonds. The van der Waals surface area contributed by atoms with E-state index in [-0.39, 0.29) is 12.1 Å². The predicted octanol–water partition coefficient (Wildman–Crippen LogP) is 3.70. The maximum atomic E-state index is 13.7. The second kappa shape index (κ2) is 7.49. The number of carbonyl (C=O) groups is 1. The summed E-state index contributed by atoms with van der Waals surface area (Å²) in [6, 6.07) is 13.4. The molecule has 7 heteroatoms. The Morgan fingerprint density at radius 3 is 2.38 bits per heavy atom. The maximum absolute atomic E-state index is 13.7. The van der Waals surface area contributed by atoms with Gasteiger partial charge in [-0.05, 0) is 35.9 Å². The van der Waals surface area contributed by atoms with Crippen LogP contribution < -0.4 is 10.9 Å². The molecule has 0 aliphatic carbocycles. The van der Waals surface area contributed by atoms with Gasteiger partial charge in [-0.1, -0.05) is 29.8 Å². The number of nitrogens with zero attached hydrogens (tertiary/aromatic N) is 1. The molecule has 0 aliphatic heterocycles. The highest BCUT2D eigenvalue weighted by atomic mass is 35.5. The lowest BCUT2D eigenvalue weighted by molar-refractivity contribution is 0.0946. The number of aromatic nitrogens is 1. The van der Waals surface area contributed by atoms with Crippen molar-refractivity contribution in [1.82, 2.24) is 9.88 Å². The minimum atomic E-state index is -0.896. The number of nitrogens with one attached hydrogen (secondary N) is 1. The van der Waals surface area contributed by atoms with E-state index in [9.17, 15) is 18.4 Å². The Balaban J connectivity index is 1.73. The summed E-state index contributed by atoms with van der Waals surface area (Å²) in [5, 5.41) is 1.94. The molecule has 1 N–H and O–H groups in total. The molecule has 3 rings (SSSR count). The Bertz CT molecular complexity index is 1020. The van der Waals surface area contributed by atoms with E-state index in [1.165, 1.54) is 10.6 Å². The molecule has 26 heavy (non-hydrogen) atoms. The topological polar surface area (TPSA) is 51.1 Å². The lowest BCUT2D eigenvalue weighted by Gasteiger charge is -2.10. The van der Waals surface area contributed by atoms with Gasteiger partial charge in [0.15, 0.2) is 0 Å². The van der Waals surface area contributed by atoms with Crippen LogP contribution in [-0.4, -0.2) is 10.5 Å². The van der Waals surface area contributed by atoms with E-state index in [2.05, 4.69) is 5.32 Å². The molecule has 2 aromatic carbocycles. The van der Waals surface area contributed by atoms with Crippen LogP contribution in [0.5, 0.6) is 0 Å². The van der Waals surface area contributed by atoms with Gasteiger partial charge in [-0.2, -0.15) is 0 Å². The monoisotopic (exact) mass is 374 g/mol. The zero-order valence-corrected chi connectivity index (χ0v) is 14.1. The molecule has 3 aromatic rings. The highest BCUT2D eigenvalue weighted by Gasteiger charge is 2.18. The van der Waals surface area contributed by atoms with Crippen LogP contribution in [0.2, 0.25) is 5.02 Å². The van der Waals surface area contributed by atoms with Crippen LogP contribution in [-0.2, 0) is 6.54 Å². The summed E-state index contributed by atoms with van der Waals surface area (Å²) in [7, 11) is 0. The fourth-order valence-electron chi connectivity index (χ4n) is 2.42. The predicted molar refractivity (Wildman–Crippen MR) is 94.6 cm³/mol. The number of hydrogen-bond acceptors (Lipinski definition) is 2. The molecule has 1 aromatic heterocycles. The fraction of sp³-hybridized carbons (Fsp3) is 0.0526. The molecule has 0 radical (unpaired) electrons. The lowest BCUT2D eigenvalue weighted by atomic mass is 10.1. The van der Waals surface area contributed by atoms with Crippen LogP contribution in [0.15, 0.2) is 65.6 Å². The van der Waals surface area contributed by atoms with Crippen molar-refractivity contribution in [2.45, 2.75) is 6.54 Å². The smallest absolute Gasteiger partial charge is 0.256 e. The third-order valence-electron chi connectivity index (χ3n) is 3.76. The standard InChI is InChI=1S/C19H13ClF2N2O2/c20-18-15(22)9-8-14(21)17(18)19(26)23-11-12-4-6-13(7-5-12)24-10-2-1-3-16(24)25/h1-10H,11H2,(H,23,26). The van der Waals surface area contributed by atoms with Gasteiger partial charge in [0.2, 0.25) is 0 Å². The van der Waals surface area contributed by atoms with Crippen LogP contribution >= 0.6 is 11.6 Å². The first kappa shape index (κ1) is 17.8. The molecule has 132 valence electrons. The lowest BCUT2D eigenvalue weighted by Crippen LogP contribution is -2.24. The van der Waals surface area contributed by atoms with Crippen molar-refractivity contribution in [3.05, 3.63) is 98.9 Å². The molecule has 0 saturated carbocycles. The van der Waals surface area contributed by atoms with E-state index in [4.69, 9.17) is 11.6 Å². The SMILES string of the molecule is O=C(NCc1ccc(-n2ccccc2=O)cc1)c1c(F)ccc(F)c1Cl. The van der Waals surface area contributed by atoms with E-state index >= 15 is 0 Å². The quantitative estimate of drug-likeness (QED) is 0.708. The van der Waals surface area contributed by atoms with Crippen molar-refractivity contribution in [2.24, 2.45) is 0 Å². The molecule has 0 fully saturated rings. The summed E-state index contributed by atoms with van der Waals surface area (Å²) in [4.78, 5) is 23.9. The fourth-order valence-corrected chi connectivity index (χ4v) is 2.66. The van der Waals surface area contributed by atoms with Crippen LogP contribution in [0.1, 0.15) is 15.9 Å². The molecular weight excluding hydrogens is 362 g/mol. The summed E-state index contributed by atoms with van der Waals surface area (Å²) in [6.45, 7) is 0.0923. The Hall–Kier alpha value is -2.99. The molecule has 0 bridgehead atoms. The summed E-state index contributed by atoms with van der Waals surface area (Å²) in [6.07, 6.45) is 1.65. The summed E-state index contributed by atoms with van der Waals surface area (Å²) < 4.78 is 28.6. The molecule has 0 unspecified atom stereocenters. The number of amides is 1. The first-order chi connectivity index (χ1) is 12.5. The van der Waals surface area contributed by atoms with E-state index in [1.807, 2.05) is 0 Å². The van der Waals surface area contributed by atoms with Crippen LogP contribution in [0.3, 0.4) is 0 Å². The zero-order valence-electron chi connectivity index (χ0n) is 13.4. The molecule has 0 atom stereocenters. The zero-order chi connectivity index (χ0) is 18.7. The van der Waals surface area contributed by atoms with Crippen molar-refractivity contribution in [2.75, 3.05) is 0 Å². The normalized spacial score (nSPS) is 10.6. The minimum absolute atomic E-state index is 0.0923. The Morgan fingerprint density at radius 1 is 1.00 bits per heavy atom. The number of benzene rings is 2. The van der Waals surface area contributed by atoms with Gasteiger partial charge in [-0.15, -0.1) is 0 Å². The van der Waals surface area contributed by atoms with E-state index < -0.39 is 28.1 Å². The van der Waals surface area contributed by atoms with Gasteiger partial charge in [0.25, 0.3) is 11.5 Å². The van der Waals surface area contributed by atoms with Gasteiger partial charge in [0.05, 0.1) is 10.6 Å². The minimum Gasteiger partial charge on any atom is -0.348 e. The molecule has 0 aliphatic rings. The Labute approximate surface area is 152 Å². The summed E-state index contributed by atoms with van der Waals surface area (Å²) in [5.41, 5.74) is 0.702. The van der Waals surface area contributed by atoms with Crippen LogP contribution in [0.25, 0.3) is 5.69 Å². The van der Waals surface area contributed by atoms with Gasteiger partial charge in [-0.25, -0.2) is 8.78 Å². The summed E-state index contributed by atoms with van der Waals surface area (Å²) >= 11 is 5.67. The van der Waals surface area contributed by atoms with Crippen molar-refractivity contribution in [3.8, 4) is 5.69 Å². The third kappa shape index (κ3) is 3.65. The van der Waals surface area contributed by atoms with E-state index in [1.54, 1.807) is 42.6 Å². The van der Waals surface area contributed by atoms with Crippen molar-refractivity contribution < 1.29 is 13.6 Å². The Morgan fingerprint density at radius 2 is 1.69 bits per heavy atom. The molecular formula is C19H13ClF2N2O2. The maximum Gasteiger partial charge on any atom is 0.256 e. The molecule has 1 heterocycles. The largest absolute Gasteiger partial charge is 0.348 e. The number of hydrogen-bond donors (Lipinski definition) is 1. The van der Waals surface area contributed by atoms with Gasteiger partial charge >= 0.3 is 0 Å². The van der Waals surface area contributed by atoms with E-state index in [0.717, 1.165) is 17.7 Å². The van der Waals surface area contributed by atoms with Crippen molar-refractivity contribution in [1.29, 1.82) is 0 Å².